The number of aromatic nitrogens is 4. The summed E-state index contributed by atoms with van der Waals surface area (Å²) in [5.74, 6) is 0.101. The number of nitrogens with zero attached hydrogens (tertiary/aromatic N) is 4. The summed E-state index contributed by atoms with van der Waals surface area (Å²) in [7, 11) is -10.00. The molecule has 2 aromatic heterocycles. The summed E-state index contributed by atoms with van der Waals surface area (Å²) >= 11 is 0. The van der Waals surface area contributed by atoms with Gasteiger partial charge in [-0.25, -0.2) is 24.1 Å². The molecule has 0 spiro atoms. The summed E-state index contributed by atoms with van der Waals surface area (Å²) in [6, 6.07) is -0.173. The number of fused-ring (bicyclic) bond motifs is 1. The number of hydrogen-bond donors (Lipinski definition) is 6. The number of nitrogen functional groups attached to an aromatic ring is 1. The molecule has 7 atom stereocenters. The molecule has 0 aliphatic carbocycles. The highest BCUT2D eigenvalue weighted by Crippen LogP contribution is 2.60. The molecule has 18 heteroatoms. The zero-order chi connectivity index (χ0) is 23.8. The van der Waals surface area contributed by atoms with Gasteiger partial charge in [0.15, 0.2) is 17.7 Å². The Kier molecular flexibility index (Phi) is 7.15. The highest BCUT2D eigenvalue weighted by atomic mass is 31.3. The van der Waals surface area contributed by atoms with Crippen LogP contribution in [0.4, 0.5) is 5.82 Å². The molecule has 4 rings (SSSR count). The van der Waals surface area contributed by atoms with Gasteiger partial charge in [0.2, 0.25) is 0 Å². The van der Waals surface area contributed by atoms with Gasteiger partial charge in [0.05, 0.1) is 19.5 Å². The van der Waals surface area contributed by atoms with E-state index < -0.39 is 46.8 Å². The number of aliphatic hydroxyl groups excluding tert-OH is 2. The molecular weight excluding hydrogens is 486 g/mol. The molecule has 2 unspecified atom stereocenters. The molecule has 0 amide bonds. The Hall–Kier alpha value is -1.55. The normalized spacial score (nSPS) is 31.6. The second-order valence-corrected chi connectivity index (χ2v) is 10.6. The number of nitrogens with two attached hydrogens (primary N) is 1. The van der Waals surface area contributed by atoms with E-state index in [1.807, 2.05) is 0 Å². The second kappa shape index (κ2) is 9.60. The number of phosphoric ester groups is 2. The number of phosphoric acid groups is 2. The average molecular weight is 510 g/mol. The van der Waals surface area contributed by atoms with E-state index in [9.17, 15) is 29.1 Å². The third-order valence-electron chi connectivity index (χ3n) is 5.21. The maximum Gasteiger partial charge on any atom is 0.481 e. The summed E-state index contributed by atoms with van der Waals surface area (Å²) in [6.07, 6.45) is -1.46. The van der Waals surface area contributed by atoms with Crippen molar-refractivity contribution in [3.8, 4) is 0 Å². The van der Waals surface area contributed by atoms with Gasteiger partial charge < -0.3 is 35.8 Å². The van der Waals surface area contributed by atoms with Crippen molar-refractivity contribution in [3.05, 3.63) is 12.7 Å². The van der Waals surface area contributed by atoms with E-state index in [1.165, 1.54) is 17.2 Å². The third kappa shape index (κ3) is 5.58. The number of aliphatic hydroxyl groups is 2. The molecule has 33 heavy (non-hydrogen) atoms. The predicted molar refractivity (Wildman–Crippen MR) is 109 cm³/mol. The molecule has 7 N–H and O–H groups in total. The van der Waals surface area contributed by atoms with E-state index in [0.717, 1.165) is 19.4 Å². The first-order valence-electron chi connectivity index (χ1n) is 9.90. The fourth-order valence-corrected chi connectivity index (χ4v) is 5.71. The first-order chi connectivity index (χ1) is 15.6. The van der Waals surface area contributed by atoms with Crippen molar-refractivity contribution in [1.29, 1.82) is 0 Å². The van der Waals surface area contributed by atoms with E-state index in [-0.39, 0.29) is 29.6 Å². The largest absolute Gasteiger partial charge is 0.481 e. The summed E-state index contributed by atoms with van der Waals surface area (Å²) in [5.41, 5.74) is 6.21. The Morgan fingerprint density at radius 3 is 2.58 bits per heavy atom. The maximum atomic E-state index is 12.1. The third-order valence-corrected chi connectivity index (χ3v) is 7.81. The quantitative estimate of drug-likeness (QED) is 0.223. The SMILES string of the molecule is Nc1ncnc2c1ncn2[C@@H]1O[C@H](COP(=O)(O)OP(=O)(O)OC[C@@H]2CCCN2)[C@@H](O)[C@H]1O. The minimum Gasteiger partial charge on any atom is -0.387 e. The first-order valence-corrected chi connectivity index (χ1v) is 12.9. The van der Waals surface area contributed by atoms with Crippen LogP contribution in [0.5, 0.6) is 0 Å². The molecule has 184 valence electrons. The minimum atomic E-state index is -5.09. The summed E-state index contributed by atoms with van der Waals surface area (Å²) < 4.78 is 44.7. The lowest BCUT2D eigenvalue weighted by molar-refractivity contribution is -0.0504. The Bertz CT molecular complexity index is 1080. The van der Waals surface area contributed by atoms with Crippen molar-refractivity contribution in [3.63, 3.8) is 0 Å². The van der Waals surface area contributed by atoms with E-state index in [1.54, 1.807) is 0 Å². The molecule has 0 bridgehead atoms. The van der Waals surface area contributed by atoms with Gasteiger partial charge in [0, 0.05) is 6.04 Å². The van der Waals surface area contributed by atoms with Gasteiger partial charge in [-0.2, -0.15) is 4.31 Å². The van der Waals surface area contributed by atoms with Gasteiger partial charge in [0.1, 0.15) is 30.2 Å². The van der Waals surface area contributed by atoms with Gasteiger partial charge >= 0.3 is 15.6 Å². The molecule has 0 radical (unpaired) electrons. The molecule has 2 aromatic rings. The Morgan fingerprint density at radius 1 is 1.15 bits per heavy atom. The van der Waals surface area contributed by atoms with Crippen LogP contribution >= 0.6 is 15.6 Å². The summed E-state index contributed by atoms with van der Waals surface area (Å²) in [6.45, 7) is -0.215. The van der Waals surface area contributed by atoms with E-state index >= 15 is 0 Å². The molecule has 0 saturated carbocycles. The number of ether oxygens (including phenoxy) is 1. The lowest BCUT2D eigenvalue weighted by Crippen LogP contribution is -2.33. The first kappa shape index (κ1) is 24.6. The van der Waals surface area contributed by atoms with Gasteiger partial charge in [-0.15, -0.1) is 0 Å². The summed E-state index contributed by atoms with van der Waals surface area (Å²) in [5, 5.41) is 23.7. The van der Waals surface area contributed by atoms with Gasteiger partial charge in [0.25, 0.3) is 0 Å². The molecule has 0 aromatic carbocycles. The molecule has 2 saturated heterocycles. The van der Waals surface area contributed by atoms with Crippen LogP contribution < -0.4 is 11.1 Å². The van der Waals surface area contributed by atoms with E-state index in [4.69, 9.17) is 19.5 Å². The number of anilines is 1. The van der Waals surface area contributed by atoms with Crippen LogP contribution in [0.3, 0.4) is 0 Å². The second-order valence-electron chi connectivity index (χ2n) is 7.53. The van der Waals surface area contributed by atoms with Crippen LogP contribution in [0, 0.1) is 0 Å². The number of rotatable bonds is 9. The maximum absolute atomic E-state index is 12.1. The fourth-order valence-electron chi connectivity index (χ4n) is 3.58. The smallest absolute Gasteiger partial charge is 0.387 e. The number of hydrogen-bond acceptors (Lipinski definition) is 13. The monoisotopic (exact) mass is 510 g/mol. The van der Waals surface area contributed by atoms with Crippen LogP contribution in [0.2, 0.25) is 0 Å². The van der Waals surface area contributed by atoms with Crippen LogP contribution in [0.15, 0.2) is 12.7 Å². The number of imidazole rings is 1. The highest BCUT2D eigenvalue weighted by Gasteiger charge is 2.46. The van der Waals surface area contributed by atoms with Crippen molar-refractivity contribution >= 4 is 32.6 Å². The Labute approximate surface area is 186 Å². The highest BCUT2D eigenvalue weighted by molar-refractivity contribution is 7.61. The Morgan fingerprint density at radius 2 is 1.88 bits per heavy atom. The van der Waals surface area contributed by atoms with Crippen molar-refractivity contribution in [1.82, 2.24) is 24.8 Å². The van der Waals surface area contributed by atoms with Crippen LogP contribution in [0.1, 0.15) is 19.1 Å². The van der Waals surface area contributed by atoms with Crippen molar-refractivity contribution in [2.75, 3.05) is 25.5 Å². The molecule has 2 aliphatic rings. The molecule has 4 heterocycles. The van der Waals surface area contributed by atoms with E-state index in [2.05, 4.69) is 24.6 Å². The van der Waals surface area contributed by atoms with Gasteiger partial charge in [-0.05, 0) is 19.4 Å². The van der Waals surface area contributed by atoms with Crippen molar-refractivity contribution in [2.24, 2.45) is 0 Å². The van der Waals surface area contributed by atoms with Crippen LogP contribution in [0.25, 0.3) is 11.2 Å². The van der Waals surface area contributed by atoms with E-state index in [0.29, 0.717) is 0 Å². The Balaban J connectivity index is 1.36. The topological polar surface area (TPSA) is 234 Å². The molecule has 16 nitrogen and oxygen atoms in total. The minimum absolute atomic E-state index is 0.101. The molecule has 2 fully saturated rings. The van der Waals surface area contributed by atoms with Gasteiger partial charge in [-0.1, -0.05) is 0 Å². The fraction of sp³-hybridized carbons (Fsp3) is 0.667. The molecular formula is C15H24N6O10P2. The lowest BCUT2D eigenvalue weighted by Gasteiger charge is -2.20. The van der Waals surface area contributed by atoms with Crippen molar-refractivity contribution < 1.29 is 47.2 Å². The zero-order valence-electron chi connectivity index (χ0n) is 17.1. The lowest BCUT2D eigenvalue weighted by atomic mass is 10.1. The number of nitrogens with one attached hydrogen (secondary N) is 1. The molecule has 2 aliphatic heterocycles. The van der Waals surface area contributed by atoms with Crippen molar-refractivity contribution in [2.45, 2.75) is 43.4 Å². The predicted octanol–water partition coefficient (Wildman–Crippen LogP) is -0.970. The van der Waals surface area contributed by atoms with Gasteiger partial charge in [-0.3, -0.25) is 13.6 Å². The zero-order valence-corrected chi connectivity index (χ0v) is 18.9. The average Bonchev–Trinajstić information content (AvgIpc) is 3.46. The summed E-state index contributed by atoms with van der Waals surface area (Å²) in [4.78, 5) is 31.4. The van der Waals surface area contributed by atoms with Crippen LogP contribution in [-0.2, 0) is 27.2 Å². The standard InChI is InChI=1S/C15H24N6O10P2/c16-13-10-14(19-6-18-13)21(7-20-10)15-12(23)11(22)9(30-15)5-29-33(26,27)31-32(24,25)28-4-8-2-1-3-17-8/h6-9,11-12,15,17,22-23H,1-5H2,(H,24,25)(H,26,27)(H2,16,18,19)/t8-,9+,11+,12+,15+/m0/s1. The van der Waals surface area contributed by atoms with Crippen LogP contribution in [-0.4, -0.2) is 83.6 Å².